The van der Waals surface area contributed by atoms with Crippen molar-refractivity contribution in [3.05, 3.63) is 135 Å². The lowest BCUT2D eigenvalue weighted by atomic mass is 9.81. The fourth-order valence-corrected chi connectivity index (χ4v) is 9.11. The number of nitrogens with zero attached hydrogens (tertiary/aromatic N) is 5. The summed E-state index contributed by atoms with van der Waals surface area (Å²) in [4.78, 5) is 67.0. The number of aromatic nitrogens is 2. The van der Waals surface area contributed by atoms with E-state index in [9.17, 15) is 24.3 Å². The summed E-state index contributed by atoms with van der Waals surface area (Å²) in [7, 11) is 5.80. The summed E-state index contributed by atoms with van der Waals surface area (Å²) in [5, 5.41) is 16.5. The highest BCUT2D eigenvalue weighted by Gasteiger charge is 2.43. The lowest BCUT2D eigenvalue weighted by molar-refractivity contribution is -0.147. The van der Waals surface area contributed by atoms with Crippen LogP contribution in [0, 0.1) is 23.4 Å². The molecule has 4 amide bonds. The number of fused-ring (bicyclic) bond motifs is 2. The van der Waals surface area contributed by atoms with Crippen molar-refractivity contribution in [2.24, 2.45) is 13.0 Å². The average molecular weight is 963 g/mol. The normalized spacial score (nSPS) is 20.7. The molecule has 18 heteroatoms. The molecular weight excluding hydrogens is 910 g/mol. The van der Waals surface area contributed by atoms with Crippen LogP contribution in [0.25, 0.3) is 11.3 Å². The number of carbonyl (C=O) groups excluding carboxylic acids is 4. The number of nitrogens with one attached hydrogen (secondary N) is 2. The SMILES string of the molecule is C[C@H]1C(=O)N[C@@H](CO)C(=O)N[C@@]2(Cc3ccc(Cl)cc3)CCCN(C2)C(=O)[C@H](Cc2c(F)cccc2F)CC(=O)N1Cc1c(F)cc(Cl)cc1Oc1ccc(-c2cnc(CN(C)C)n2C)cc1. The maximum atomic E-state index is 16.3. The minimum atomic E-state index is -1.50. The van der Waals surface area contributed by atoms with Gasteiger partial charge in [0, 0.05) is 53.3 Å². The molecule has 2 bridgehead atoms. The molecule has 2 aliphatic heterocycles. The van der Waals surface area contributed by atoms with Gasteiger partial charge >= 0.3 is 0 Å². The van der Waals surface area contributed by atoms with Crippen LogP contribution in [0.4, 0.5) is 13.2 Å². The number of benzene rings is 4. The number of halogens is 5. The highest BCUT2D eigenvalue weighted by Crippen LogP contribution is 2.35. The van der Waals surface area contributed by atoms with Crippen molar-refractivity contribution in [3.8, 4) is 22.8 Å². The Labute approximate surface area is 396 Å². The first-order valence-corrected chi connectivity index (χ1v) is 22.6. The molecule has 67 heavy (non-hydrogen) atoms. The van der Waals surface area contributed by atoms with E-state index < -0.39 is 96.2 Å². The molecule has 2 saturated heterocycles. The summed E-state index contributed by atoms with van der Waals surface area (Å²) in [5.74, 6) is -6.19. The molecule has 0 aliphatic carbocycles. The lowest BCUT2D eigenvalue weighted by Gasteiger charge is -2.45. The number of amides is 4. The van der Waals surface area contributed by atoms with Gasteiger partial charge in [-0.1, -0.05) is 41.4 Å². The van der Waals surface area contributed by atoms with E-state index in [1.165, 1.54) is 24.0 Å². The fraction of sp³-hybridized carbons (Fsp3) is 0.367. The molecule has 7 rings (SSSR count). The zero-order valence-electron chi connectivity index (χ0n) is 37.5. The number of imidazole rings is 1. The van der Waals surface area contributed by atoms with Crippen molar-refractivity contribution in [1.29, 1.82) is 0 Å². The standard InChI is InChI=1S/C49H52Cl2F3N7O6/c1-29-46(64)56-41(27-62)47(65)57-49(23-30-9-13-33(50)14-10-30)17-6-18-60(28-49)48(66)32(19-36-38(52)7-5-8-39(36)53)20-45(63)61(29)25-37-40(54)21-34(51)22-43(37)67-35-15-11-31(12-16-35)42-24-55-44(59(42)4)26-58(2)3/h5,7-16,21-22,24,29,32,41,62H,6,17-20,23,25-28H2,1-4H3,(H,56,64)(H,57,65)/t29-,32+,41-,49+/m0/s1. The predicted octanol–water partition coefficient (Wildman–Crippen LogP) is 6.84. The Morgan fingerprint density at radius 3 is 2.28 bits per heavy atom. The van der Waals surface area contributed by atoms with Crippen LogP contribution >= 0.6 is 23.2 Å². The summed E-state index contributed by atoms with van der Waals surface area (Å²) in [6, 6.07) is 16.6. The van der Waals surface area contributed by atoms with Crippen molar-refractivity contribution in [2.45, 2.75) is 69.7 Å². The van der Waals surface area contributed by atoms with E-state index in [-0.39, 0.29) is 41.6 Å². The van der Waals surface area contributed by atoms with Gasteiger partial charge in [-0.15, -0.1) is 0 Å². The van der Waals surface area contributed by atoms with Crippen molar-refractivity contribution in [1.82, 2.24) is 34.9 Å². The number of aliphatic hydroxyl groups excluding tert-OH is 1. The quantitative estimate of drug-likeness (QED) is 0.123. The van der Waals surface area contributed by atoms with Gasteiger partial charge in [-0.25, -0.2) is 18.2 Å². The Kier molecular flexibility index (Phi) is 15.3. The molecule has 13 nitrogen and oxygen atoms in total. The molecule has 3 heterocycles. The molecule has 2 fully saturated rings. The third-order valence-corrected chi connectivity index (χ3v) is 12.8. The Morgan fingerprint density at radius 1 is 0.910 bits per heavy atom. The third kappa shape index (κ3) is 11.4. The third-order valence-electron chi connectivity index (χ3n) is 12.4. The summed E-state index contributed by atoms with van der Waals surface area (Å²) in [6.45, 7) is 0.645. The summed E-state index contributed by atoms with van der Waals surface area (Å²) >= 11 is 12.5. The zero-order valence-corrected chi connectivity index (χ0v) is 39.0. The predicted molar refractivity (Wildman–Crippen MR) is 247 cm³/mol. The molecule has 4 atom stereocenters. The van der Waals surface area contributed by atoms with E-state index in [1.54, 1.807) is 54.7 Å². The van der Waals surface area contributed by atoms with E-state index >= 15 is 13.2 Å². The molecule has 0 saturated carbocycles. The van der Waals surface area contributed by atoms with Crippen LogP contribution in [0.15, 0.2) is 85.1 Å². The first-order valence-electron chi connectivity index (χ1n) is 21.8. The number of rotatable bonds is 12. The first kappa shape index (κ1) is 49.0. The van der Waals surface area contributed by atoms with Crippen LogP contribution in [0.3, 0.4) is 0 Å². The van der Waals surface area contributed by atoms with Crippen LogP contribution in [0.2, 0.25) is 10.0 Å². The Bertz CT molecular complexity index is 2610. The van der Waals surface area contributed by atoms with Crippen LogP contribution < -0.4 is 15.4 Å². The largest absolute Gasteiger partial charge is 0.457 e. The molecule has 1 aromatic heterocycles. The van der Waals surface area contributed by atoms with Crippen LogP contribution in [0.1, 0.15) is 48.7 Å². The smallest absolute Gasteiger partial charge is 0.245 e. The molecule has 3 N–H and O–H groups in total. The van der Waals surface area contributed by atoms with Gasteiger partial charge in [0.1, 0.15) is 46.9 Å². The van der Waals surface area contributed by atoms with E-state index in [2.05, 4.69) is 15.6 Å². The van der Waals surface area contributed by atoms with E-state index in [0.29, 0.717) is 24.4 Å². The highest BCUT2D eigenvalue weighted by atomic mass is 35.5. The van der Waals surface area contributed by atoms with Gasteiger partial charge in [0.05, 0.1) is 43.0 Å². The van der Waals surface area contributed by atoms with Gasteiger partial charge in [0.15, 0.2) is 0 Å². The van der Waals surface area contributed by atoms with Gasteiger partial charge < -0.3 is 39.7 Å². The molecule has 4 aromatic carbocycles. The maximum Gasteiger partial charge on any atom is 0.245 e. The molecule has 0 unspecified atom stereocenters. The Hall–Kier alpha value is -5.94. The van der Waals surface area contributed by atoms with Crippen LogP contribution in [0.5, 0.6) is 11.5 Å². The summed E-state index contributed by atoms with van der Waals surface area (Å²) in [6.07, 6.45) is 1.55. The van der Waals surface area contributed by atoms with Crippen LogP contribution in [-0.2, 0) is 52.2 Å². The second-order valence-electron chi connectivity index (χ2n) is 17.5. The number of ether oxygens (including phenoxy) is 1. The molecule has 5 aromatic rings. The Morgan fingerprint density at radius 2 is 1.61 bits per heavy atom. The van der Waals surface area contributed by atoms with Crippen molar-refractivity contribution >= 4 is 46.8 Å². The monoisotopic (exact) mass is 961 g/mol. The molecule has 0 spiro atoms. The summed E-state index contributed by atoms with van der Waals surface area (Å²) in [5.41, 5.74) is 0.699. The van der Waals surface area contributed by atoms with Gasteiger partial charge in [0.25, 0.3) is 0 Å². The molecular formula is C49H52Cl2F3N7O6. The van der Waals surface area contributed by atoms with E-state index in [1.807, 2.05) is 30.6 Å². The minimum Gasteiger partial charge on any atom is -0.457 e. The highest BCUT2D eigenvalue weighted by molar-refractivity contribution is 6.31. The van der Waals surface area contributed by atoms with Crippen LogP contribution in [-0.4, -0.2) is 104 Å². The number of hydrogen-bond donors (Lipinski definition) is 3. The van der Waals surface area contributed by atoms with Gasteiger partial charge in [-0.2, -0.15) is 0 Å². The van der Waals surface area contributed by atoms with Crippen molar-refractivity contribution in [2.75, 3.05) is 33.8 Å². The van der Waals surface area contributed by atoms with Crippen molar-refractivity contribution in [3.63, 3.8) is 0 Å². The van der Waals surface area contributed by atoms with E-state index in [0.717, 1.165) is 45.7 Å². The molecule has 2 aliphatic rings. The average Bonchev–Trinajstić information content (AvgIpc) is 3.64. The lowest BCUT2D eigenvalue weighted by Crippen LogP contribution is -2.65. The zero-order chi connectivity index (χ0) is 48.2. The fourth-order valence-electron chi connectivity index (χ4n) is 8.79. The van der Waals surface area contributed by atoms with Gasteiger partial charge in [0.2, 0.25) is 23.6 Å². The van der Waals surface area contributed by atoms with E-state index in [4.69, 9.17) is 27.9 Å². The second-order valence-corrected chi connectivity index (χ2v) is 18.4. The topological polar surface area (TPSA) is 149 Å². The molecule has 0 radical (unpaired) electrons. The Balaban J connectivity index is 1.25. The van der Waals surface area contributed by atoms with Gasteiger partial charge in [-0.3, -0.25) is 19.2 Å². The number of aliphatic hydroxyl groups is 1. The number of carbonyl (C=O) groups is 4. The van der Waals surface area contributed by atoms with Crippen molar-refractivity contribution < 1.29 is 42.2 Å². The van der Waals surface area contributed by atoms with Gasteiger partial charge in [-0.05, 0) is 113 Å². The molecule has 354 valence electrons. The maximum absolute atomic E-state index is 16.3. The number of hydrogen-bond acceptors (Lipinski definition) is 8. The summed E-state index contributed by atoms with van der Waals surface area (Å²) < 4.78 is 55.2. The minimum absolute atomic E-state index is 0.0302. The second kappa shape index (κ2) is 20.9. The first-order chi connectivity index (χ1) is 31.9. The number of piperidine rings is 1.